The van der Waals surface area contributed by atoms with Crippen molar-refractivity contribution in [3.8, 4) is 11.8 Å². The van der Waals surface area contributed by atoms with Crippen LogP contribution in [0, 0.1) is 11.8 Å². The van der Waals surface area contributed by atoms with Crippen molar-refractivity contribution in [1.82, 2.24) is 9.97 Å². The molecular formula is C11H7ClN2O. The van der Waals surface area contributed by atoms with Gasteiger partial charge < -0.3 is 4.98 Å². The van der Waals surface area contributed by atoms with Crippen LogP contribution < -0.4 is 0 Å². The molecular weight excluding hydrogens is 212 g/mol. The fraction of sp³-hybridized carbons (Fsp3) is 0.0909. The van der Waals surface area contributed by atoms with Crippen LogP contribution in [0.3, 0.4) is 0 Å². The number of nitrogens with zero attached hydrogens (tertiary/aromatic N) is 1. The lowest BCUT2D eigenvalue weighted by Crippen LogP contribution is -1.82. The average Bonchev–Trinajstić information content (AvgIpc) is 2.68. The van der Waals surface area contributed by atoms with Gasteiger partial charge in [-0.25, -0.2) is 4.98 Å². The molecule has 0 saturated carbocycles. The molecule has 15 heavy (non-hydrogen) atoms. The number of nitrogens with one attached hydrogen (secondary N) is 1. The average molecular weight is 219 g/mol. The maximum atomic E-state index is 10.7. The lowest BCUT2D eigenvalue weighted by Gasteiger charge is -1.91. The van der Waals surface area contributed by atoms with Crippen LogP contribution in [-0.4, -0.2) is 22.1 Å². The zero-order valence-corrected chi connectivity index (χ0v) is 8.51. The Hall–Kier alpha value is -1.79. The quantitative estimate of drug-likeness (QED) is 0.452. The van der Waals surface area contributed by atoms with Crippen molar-refractivity contribution < 1.29 is 4.79 Å². The van der Waals surface area contributed by atoms with E-state index < -0.39 is 0 Å². The Labute approximate surface area is 91.5 Å². The number of halogens is 1. The number of hydrogen-bond donors (Lipinski definition) is 1. The van der Waals surface area contributed by atoms with Crippen LogP contribution in [0.15, 0.2) is 18.5 Å². The number of carbonyl (C=O) groups excluding carboxylic acids is 1. The summed E-state index contributed by atoms with van der Waals surface area (Å²) in [7, 11) is 0. The Bertz CT molecular complexity index is 563. The fourth-order valence-electron chi connectivity index (χ4n) is 1.33. The van der Waals surface area contributed by atoms with Crippen molar-refractivity contribution in [2.45, 2.75) is 0 Å². The largest absolute Gasteiger partial charge is 0.345 e. The predicted octanol–water partition coefficient (Wildman–Crippen LogP) is 1.97. The molecule has 0 unspecified atom stereocenters. The van der Waals surface area contributed by atoms with Gasteiger partial charge in [0.25, 0.3) is 0 Å². The zero-order chi connectivity index (χ0) is 10.7. The number of alkyl halides is 1. The monoisotopic (exact) mass is 218 g/mol. The molecule has 0 amide bonds. The molecule has 0 bridgehead atoms. The van der Waals surface area contributed by atoms with Gasteiger partial charge in [0.05, 0.1) is 5.88 Å². The summed E-state index contributed by atoms with van der Waals surface area (Å²) in [5, 5.41) is 0.784. The lowest BCUT2D eigenvalue weighted by atomic mass is 10.2. The number of aldehydes is 1. The van der Waals surface area contributed by atoms with E-state index in [0.717, 1.165) is 17.2 Å². The number of aromatic amines is 1. The molecule has 0 aliphatic carbocycles. The number of pyridine rings is 1. The number of carbonyl (C=O) groups is 1. The Kier molecular flexibility index (Phi) is 2.70. The maximum absolute atomic E-state index is 10.7. The summed E-state index contributed by atoms with van der Waals surface area (Å²) < 4.78 is 0. The minimum atomic E-state index is 0.283. The third-order valence-electron chi connectivity index (χ3n) is 1.99. The van der Waals surface area contributed by atoms with Crippen LogP contribution in [0.4, 0.5) is 0 Å². The summed E-state index contributed by atoms with van der Waals surface area (Å²) >= 11 is 5.45. The van der Waals surface area contributed by atoms with Crippen molar-refractivity contribution in [2.24, 2.45) is 0 Å². The zero-order valence-electron chi connectivity index (χ0n) is 7.75. The topological polar surface area (TPSA) is 45.8 Å². The maximum Gasteiger partial charge on any atom is 0.152 e. The number of fused-ring (bicyclic) bond motifs is 1. The third-order valence-corrected chi connectivity index (χ3v) is 2.12. The molecule has 0 aliphatic heterocycles. The third kappa shape index (κ3) is 1.85. The highest BCUT2D eigenvalue weighted by atomic mass is 35.5. The standard InChI is InChI=1S/C11H7ClN2O/c12-3-1-2-8-4-10-9(7-15)6-14-11(10)13-5-8/h4-7H,3H2,(H,13,14). The Morgan fingerprint density at radius 3 is 3.20 bits per heavy atom. The Morgan fingerprint density at radius 2 is 2.47 bits per heavy atom. The van der Waals surface area contributed by atoms with E-state index in [-0.39, 0.29) is 5.88 Å². The number of H-pyrrole nitrogens is 1. The molecule has 2 rings (SSSR count). The second kappa shape index (κ2) is 4.16. The summed E-state index contributed by atoms with van der Waals surface area (Å²) in [6.07, 6.45) is 4.07. The van der Waals surface area contributed by atoms with Gasteiger partial charge in [0.1, 0.15) is 5.65 Å². The van der Waals surface area contributed by atoms with Gasteiger partial charge in [-0.15, -0.1) is 11.6 Å². The van der Waals surface area contributed by atoms with Gasteiger partial charge in [0, 0.05) is 28.9 Å². The molecule has 0 spiro atoms. The molecule has 0 aliphatic rings. The predicted molar refractivity (Wildman–Crippen MR) is 59.1 cm³/mol. The highest BCUT2D eigenvalue weighted by molar-refractivity contribution is 6.19. The first-order chi connectivity index (χ1) is 7.35. The molecule has 0 saturated heterocycles. The molecule has 2 aromatic heterocycles. The molecule has 0 aromatic carbocycles. The van der Waals surface area contributed by atoms with Gasteiger partial charge in [-0.3, -0.25) is 4.79 Å². The van der Waals surface area contributed by atoms with Gasteiger partial charge in [0.15, 0.2) is 6.29 Å². The summed E-state index contributed by atoms with van der Waals surface area (Å²) in [5.74, 6) is 5.87. The highest BCUT2D eigenvalue weighted by Gasteiger charge is 2.03. The van der Waals surface area contributed by atoms with Crippen LogP contribution in [-0.2, 0) is 0 Å². The molecule has 1 N–H and O–H groups in total. The van der Waals surface area contributed by atoms with Crippen molar-refractivity contribution in [2.75, 3.05) is 5.88 Å². The molecule has 4 heteroatoms. The second-order valence-corrected chi connectivity index (χ2v) is 3.18. The van der Waals surface area contributed by atoms with E-state index in [1.807, 2.05) is 6.07 Å². The Balaban J connectivity index is 2.57. The molecule has 2 aromatic rings. The van der Waals surface area contributed by atoms with Gasteiger partial charge in [-0.05, 0) is 6.07 Å². The van der Waals surface area contributed by atoms with Gasteiger partial charge >= 0.3 is 0 Å². The van der Waals surface area contributed by atoms with E-state index in [2.05, 4.69) is 21.8 Å². The molecule has 0 fully saturated rings. The van der Waals surface area contributed by atoms with Crippen molar-refractivity contribution >= 4 is 28.9 Å². The normalized spacial score (nSPS) is 9.67. The second-order valence-electron chi connectivity index (χ2n) is 2.92. The smallest absolute Gasteiger partial charge is 0.152 e. The molecule has 74 valence electrons. The van der Waals surface area contributed by atoms with Gasteiger partial charge in [-0.2, -0.15) is 0 Å². The number of hydrogen-bond acceptors (Lipinski definition) is 2. The van der Waals surface area contributed by atoms with E-state index >= 15 is 0 Å². The minimum Gasteiger partial charge on any atom is -0.345 e. The van der Waals surface area contributed by atoms with E-state index in [1.165, 1.54) is 0 Å². The van der Waals surface area contributed by atoms with Crippen LogP contribution in [0.5, 0.6) is 0 Å². The van der Waals surface area contributed by atoms with Crippen LogP contribution >= 0.6 is 11.6 Å². The fourth-order valence-corrected chi connectivity index (χ4v) is 1.39. The molecule has 2 heterocycles. The van der Waals surface area contributed by atoms with E-state index in [9.17, 15) is 4.79 Å². The first-order valence-corrected chi connectivity index (χ1v) is 4.85. The van der Waals surface area contributed by atoms with E-state index in [0.29, 0.717) is 11.2 Å². The molecule has 3 nitrogen and oxygen atoms in total. The molecule has 0 radical (unpaired) electrons. The number of rotatable bonds is 1. The highest BCUT2D eigenvalue weighted by Crippen LogP contribution is 2.15. The summed E-state index contributed by atoms with van der Waals surface area (Å²) in [4.78, 5) is 17.8. The summed E-state index contributed by atoms with van der Waals surface area (Å²) in [6.45, 7) is 0. The Morgan fingerprint density at radius 1 is 1.60 bits per heavy atom. The van der Waals surface area contributed by atoms with Crippen molar-refractivity contribution in [3.05, 3.63) is 29.6 Å². The SMILES string of the molecule is O=Cc1c[nH]c2ncc(C#CCCl)cc12. The van der Waals surface area contributed by atoms with Crippen molar-refractivity contribution in [1.29, 1.82) is 0 Å². The minimum absolute atomic E-state index is 0.283. The van der Waals surface area contributed by atoms with Crippen LogP contribution in [0.1, 0.15) is 15.9 Å². The van der Waals surface area contributed by atoms with Gasteiger partial charge in [0.2, 0.25) is 0 Å². The van der Waals surface area contributed by atoms with E-state index in [1.54, 1.807) is 12.4 Å². The van der Waals surface area contributed by atoms with Crippen molar-refractivity contribution in [3.63, 3.8) is 0 Å². The number of aromatic nitrogens is 2. The molecule has 0 atom stereocenters. The van der Waals surface area contributed by atoms with Crippen LogP contribution in [0.2, 0.25) is 0 Å². The lowest BCUT2D eigenvalue weighted by molar-refractivity contribution is 0.112. The summed E-state index contributed by atoms with van der Waals surface area (Å²) in [6, 6.07) is 1.82. The van der Waals surface area contributed by atoms with Crippen LogP contribution in [0.25, 0.3) is 11.0 Å². The first-order valence-electron chi connectivity index (χ1n) is 4.32. The first kappa shape index (κ1) is 9.75. The summed E-state index contributed by atoms with van der Waals surface area (Å²) in [5.41, 5.74) is 2.03. The van der Waals surface area contributed by atoms with Gasteiger partial charge in [-0.1, -0.05) is 11.8 Å². The van der Waals surface area contributed by atoms with E-state index in [4.69, 9.17) is 11.6 Å².